The summed E-state index contributed by atoms with van der Waals surface area (Å²) in [6.45, 7) is 6.63. The van der Waals surface area contributed by atoms with E-state index in [2.05, 4.69) is 22.9 Å². The summed E-state index contributed by atoms with van der Waals surface area (Å²) in [6, 6.07) is 0. The first-order chi connectivity index (χ1) is 10.3. The monoisotopic (exact) mass is 320 g/mol. The molecule has 0 saturated heterocycles. The van der Waals surface area contributed by atoms with Crippen LogP contribution in [0.25, 0.3) is 0 Å². The van der Waals surface area contributed by atoms with Crippen LogP contribution in [0.4, 0.5) is 0 Å². The van der Waals surface area contributed by atoms with Gasteiger partial charge in [-0.05, 0) is 6.58 Å². The summed E-state index contributed by atoms with van der Waals surface area (Å²) in [7, 11) is 0. The maximum atomic E-state index is 10.8. The van der Waals surface area contributed by atoms with Crippen molar-refractivity contribution in [2.24, 2.45) is 0 Å². The van der Waals surface area contributed by atoms with Crippen LogP contribution in [0, 0.1) is 0 Å². The molecule has 0 atom stereocenters. The predicted molar refractivity (Wildman–Crippen MR) is 73.6 cm³/mol. The summed E-state index contributed by atoms with van der Waals surface area (Å²) in [5, 5.41) is 34.5. The molecule has 0 fully saturated rings. The summed E-state index contributed by atoms with van der Waals surface area (Å²) in [4.78, 5) is 31.9. The van der Waals surface area contributed by atoms with Crippen LogP contribution in [0.5, 0.6) is 0 Å². The Labute approximate surface area is 126 Å². The average Bonchev–Trinajstić information content (AvgIpc) is 2.43. The van der Waals surface area contributed by atoms with Crippen LogP contribution >= 0.6 is 0 Å². The number of carbonyl (C=O) groups is 2. The van der Waals surface area contributed by atoms with Crippen LogP contribution in [0.15, 0.2) is 24.7 Å². The molecule has 0 heterocycles. The quantitative estimate of drug-likeness (QED) is 0.210. The van der Waals surface area contributed by atoms with Gasteiger partial charge in [0.05, 0.1) is 13.0 Å². The lowest BCUT2D eigenvalue weighted by Crippen LogP contribution is -2.39. The van der Waals surface area contributed by atoms with Crippen molar-refractivity contribution in [3.63, 3.8) is 0 Å². The normalized spacial score (nSPS) is 10.3. The van der Waals surface area contributed by atoms with Crippen LogP contribution < -0.4 is 0 Å². The molecule has 0 aliphatic heterocycles. The lowest BCUT2D eigenvalue weighted by Gasteiger charge is -2.28. The van der Waals surface area contributed by atoms with E-state index in [1.165, 1.54) is 9.80 Å². The molecule has 10 nitrogen and oxygen atoms in total. The third kappa shape index (κ3) is 8.21. The SMILES string of the molecule is C=C(COO)N(CCN(CCC(=O)O)CC(=O)O)C(=C)OO. The van der Waals surface area contributed by atoms with Gasteiger partial charge < -0.3 is 20.0 Å². The molecule has 4 N–H and O–H groups in total. The first-order valence-electron chi connectivity index (χ1n) is 6.19. The molecule has 0 aromatic heterocycles. The molecule has 0 aromatic carbocycles. The van der Waals surface area contributed by atoms with E-state index in [0.717, 1.165) is 0 Å². The zero-order valence-electron chi connectivity index (χ0n) is 12.0. The zero-order valence-corrected chi connectivity index (χ0v) is 12.0. The number of rotatable bonds is 13. The Morgan fingerprint density at radius 1 is 1.00 bits per heavy atom. The fraction of sp³-hybridized carbons (Fsp3) is 0.500. The molecule has 0 unspecified atom stereocenters. The molecule has 0 saturated carbocycles. The molecule has 0 aromatic rings. The summed E-state index contributed by atoms with van der Waals surface area (Å²) in [6.07, 6.45) is -0.217. The Morgan fingerprint density at radius 2 is 1.64 bits per heavy atom. The van der Waals surface area contributed by atoms with Gasteiger partial charge in [-0.25, -0.2) is 10.1 Å². The number of hydrogen-bond acceptors (Lipinski definition) is 8. The molecular weight excluding hydrogens is 300 g/mol. The largest absolute Gasteiger partial charge is 0.481 e. The third-order valence-corrected chi connectivity index (χ3v) is 2.66. The molecule has 22 heavy (non-hydrogen) atoms. The van der Waals surface area contributed by atoms with Gasteiger partial charge in [-0.1, -0.05) is 6.58 Å². The van der Waals surface area contributed by atoms with Crippen LogP contribution in [-0.2, 0) is 19.4 Å². The highest BCUT2D eigenvalue weighted by molar-refractivity contribution is 5.69. The third-order valence-electron chi connectivity index (χ3n) is 2.66. The Bertz CT molecular complexity index is 412. The summed E-state index contributed by atoms with van der Waals surface area (Å²) in [5.41, 5.74) is 0.204. The molecule has 0 spiro atoms. The minimum Gasteiger partial charge on any atom is -0.481 e. The predicted octanol–water partition coefficient (Wildman–Crippen LogP) is 0.114. The van der Waals surface area contributed by atoms with Gasteiger partial charge in [-0.3, -0.25) is 19.7 Å². The van der Waals surface area contributed by atoms with Crippen LogP contribution in [-0.4, -0.2) is 75.3 Å². The van der Waals surface area contributed by atoms with Gasteiger partial charge in [0.1, 0.15) is 6.61 Å². The van der Waals surface area contributed by atoms with Crippen molar-refractivity contribution in [3.8, 4) is 0 Å². The minimum absolute atomic E-state index is 0.0326. The minimum atomic E-state index is -1.10. The van der Waals surface area contributed by atoms with Crippen molar-refractivity contribution in [3.05, 3.63) is 24.7 Å². The topological polar surface area (TPSA) is 140 Å². The average molecular weight is 320 g/mol. The maximum Gasteiger partial charge on any atom is 0.317 e. The van der Waals surface area contributed by atoms with Gasteiger partial charge in [-0.15, -0.1) is 0 Å². The fourth-order valence-corrected chi connectivity index (χ4v) is 1.62. The lowest BCUT2D eigenvalue weighted by atomic mass is 10.3. The highest BCUT2D eigenvalue weighted by Gasteiger charge is 2.17. The number of carboxylic acids is 2. The van der Waals surface area contributed by atoms with Crippen LogP contribution in [0.2, 0.25) is 0 Å². The van der Waals surface area contributed by atoms with Crippen LogP contribution in [0.3, 0.4) is 0 Å². The Kier molecular flexibility index (Phi) is 9.54. The Balaban J connectivity index is 4.71. The van der Waals surface area contributed by atoms with E-state index in [1.54, 1.807) is 0 Å². The van der Waals surface area contributed by atoms with Gasteiger partial charge in [0, 0.05) is 25.3 Å². The maximum absolute atomic E-state index is 10.8. The molecule has 126 valence electrons. The van der Waals surface area contributed by atoms with Crippen molar-refractivity contribution < 1.29 is 40.1 Å². The summed E-state index contributed by atoms with van der Waals surface area (Å²) in [5.74, 6) is -2.35. The molecule has 0 rings (SSSR count). The van der Waals surface area contributed by atoms with E-state index in [1.807, 2.05) is 0 Å². The summed E-state index contributed by atoms with van der Waals surface area (Å²) < 4.78 is 0. The van der Waals surface area contributed by atoms with Gasteiger partial charge >= 0.3 is 11.9 Å². The van der Waals surface area contributed by atoms with Crippen molar-refractivity contribution >= 4 is 11.9 Å². The molecule has 0 radical (unpaired) electrons. The molecule has 0 amide bonds. The summed E-state index contributed by atoms with van der Waals surface area (Å²) >= 11 is 0. The fourth-order valence-electron chi connectivity index (χ4n) is 1.62. The highest BCUT2D eigenvalue weighted by atomic mass is 17.1. The van der Waals surface area contributed by atoms with E-state index in [0.29, 0.717) is 0 Å². The van der Waals surface area contributed by atoms with Crippen molar-refractivity contribution in [1.82, 2.24) is 9.80 Å². The van der Waals surface area contributed by atoms with Gasteiger partial charge in [0.25, 0.3) is 0 Å². The zero-order chi connectivity index (χ0) is 17.1. The second kappa shape index (κ2) is 10.6. The molecule has 0 bridgehead atoms. The van der Waals surface area contributed by atoms with E-state index < -0.39 is 11.9 Å². The highest BCUT2D eigenvalue weighted by Crippen LogP contribution is 2.11. The first kappa shape index (κ1) is 19.9. The smallest absolute Gasteiger partial charge is 0.317 e. The Hall–Kier alpha value is -2.14. The lowest BCUT2D eigenvalue weighted by molar-refractivity contribution is -0.243. The van der Waals surface area contributed by atoms with Crippen LogP contribution in [0.1, 0.15) is 6.42 Å². The van der Waals surface area contributed by atoms with E-state index in [-0.39, 0.29) is 50.8 Å². The van der Waals surface area contributed by atoms with Gasteiger partial charge in [-0.2, -0.15) is 0 Å². The number of nitrogens with zero attached hydrogens (tertiary/aromatic N) is 2. The second-order valence-electron chi connectivity index (χ2n) is 4.29. The Morgan fingerprint density at radius 3 is 2.09 bits per heavy atom. The second-order valence-corrected chi connectivity index (χ2v) is 4.29. The molecule has 0 aliphatic rings. The molecular formula is C12H20N2O8. The molecule has 0 aliphatic carbocycles. The van der Waals surface area contributed by atoms with Gasteiger partial charge in [0.15, 0.2) is 0 Å². The van der Waals surface area contributed by atoms with Gasteiger partial charge in [0.2, 0.25) is 5.88 Å². The van der Waals surface area contributed by atoms with E-state index >= 15 is 0 Å². The standard InChI is InChI=1S/C12H20N2O8/c1-9(8-21-19)14(10(2)22-20)6-5-13(7-12(17)18)4-3-11(15)16/h19-20H,1-8H2,(H,15,16)(H,17,18). The number of aliphatic carboxylic acids is 2. The number of hydrogen-bond donors (Lipinski definition) is 4. The first-order valence-corrected chi connectivity index (χ1v) is 6.19. The van der Waals surface area contributed by atoms with E-state index in [4.69, 9.17) is 20.7 Å². The number of carboxylic acid groups (broad SMARTS) is 2. The molecule has 10 heteroatoms. The van der Waals surface area contributed by atoms with Crippen molar-refractivity contribution in [2.45, 2.75) is 6.42 Å². The van der Waals surface area contributed by atoms with Crippen molar-refractivity contribution in [2.75, 3.05) is 32.8 Å². The van der Waals surface area contributed by atoms with Crippen molar-refractivity contribution in [1.29, 1.82) is 0 Å². The van der Waals surface area contributed by atoms with E-state index in [9.17, 15) is 9.59 Å².